The Bertz CT molecular complexity index is 560. The number of rotatable bonds is 3. The summed E-state index contributed by atoms with van der Waals surface area (Å²) >= 11 is 6.58. The van der Waals surface area contributed by atoms with Crippen LogP contribution in [0.3, 0.4) is 0 Å². The van der Waals surface area contributed by atoms with E-state index in [0.29, 0.717) is 5.56 Å². The molecule has 1 aromatic carbocycles. The SMILES string of the molecule is CC1(C)[C@H](C(=O)OC(=O)c2ccccc2)[C@@H]1C=C(Br)Br. The molecule has 0 heterocycles. The average Bonchev–Trinajstić information content (AvgIpc) is 2.91. The smallest absolute Gasteiger partial charge is 0.345 e. The maximum atomic E-state index is 12.1. The number of hydrogen-bond acceptors (Lipinski definition) is 3. The molecule has 1 aliphatic rings. The Morgan fingerprint density at radius 1 is 1.20 bits per heavy atom. The molecular weight excluding hydrogens is 388 g/mol. The molecule has 0 bridgehead atoms. The highest BCUT2D eigenvalue weighted by Crippen LogP contribution is 2.60. The van der Waals surface area contributed by atoms with E-state index >= 15 is 0 Å². The molecule has 0 aromatic heterocycles. The van der Waals surface area contributed by atoms with Gasteiger partial charge in [-0.15, -0.1) is 0 Å². The fourth-order valence-corrected chi connectivity index (χ4v) is 2.93. The number of ether oxygens (including phenoxy) is 1. The molecule has 1 fully saturated rings. The standard InChI is InChI=1S/C15H14Br2O3/c1-15(2)10(8-11(16)17)12(15)14(19)20-13(18)9-6-4-3-5-7-9/h3-8,10,12H,1-2H3/t10-,12-/m0/s1. The molecule has 106 valence electrons. The minimum absolute atomic E-state index is 0.0623. The van der Waals surface area contributed by atoms with Crippen LogP contribution in [0.1, 0.15) is 24.2 Å². The lowest BCUT2D eigenvalue weighted by Gasteiger charge is -2.03. The highest BCUT2D eigenvalue weighted by Gasteiger charge is 2.61. The van der Waals surface area contributed by atoms with Gasteiger partial charge in [0.2, 0.25) is 0 Å². The molecule has 0 unspecified atom stereocenters. The number of carbonyl (C=O) groups is 2. The Balaban J connectivity index is 2.04. The second-order valence-electron chi connectivity index (χ2n) is 5.36. The van der Waals surface area contributed by atoms with E-state index < -0.39 is 11.9 Å². The first-order valence-electron chi connectivity index (χ1n) is 6.18. The normalized spacial score (nSPS) is 22.8. The summed E-state index contributed by atoms with van der Waals surface area (Å²) < 4.78 is 5.77. The Labute approximate surface area is 134 Å². The van der Waals surface area contributed by atoms with E-state index in [0.717, 1.165) is 3.39 Å². The number of allylic oxidation sites excluding steroid dienone is 1. The topological polar surface area (TPSA) is 43.4 Å². The number of esters is 2. The van der Waals surface area contributed by atoms with E-state index in [-0.39, 0.29) is 17.3 Å². The van der Waals surface area contributed by atoms with Crippen molar-refractivity contribution < 1.29 is 14.3 Å². The highest BCUT2D eigenvalue weighted by atomic mass is 79.9. The van der Waals surface area contributed by atoms with Gasteiger partial charge in [-0.1, -0.05) is 38.1 Å². The summed E-state index contributed by atoms with van der Waals surface area (Å²) in [7, 11) is 0. The van der Waals surface area contributed by atoms with Crippen LogP contribution in [0.2, 0.25) is 0 Å². The van der Waals surface area contributed by atoms with Crippen LogP contribution in [-0.4, -0.2) is 11.9 Å². The molecule has 3 nitrogen and oxygen atoms in total. The summed E-state index contributed by atoms with van der Waals surface area (Å²) in [6.07, 6.45) is 1.92. The van der Waals surface area contributed by atoms with Crippen molar-refractivity contribution in [3.8, 4) is 0 Å². The third-order valence-electron chi connectivity index (χ3n) is 3.67. The summed E-state index contributed by atoms with van der Waals surface area (Å²) in [4.78, 5) is 23.9. The molecule has 0 aliphatic heterocycles. The van der Waals surface area contributed by atoms with E-state index in [1.165, 1.54) is 0 Å². The number of benzene rings is 1. The lowest BCUT2D eigenvalue weighted by atomic mass is 10.1. The molecule has 2 atom stereocenters. The first kappa shape index (κ1) is 15.4. The highest BCUT2D eigenvalue weighted by molar-refractivity contribution is 9.28. The molecule has 1 saturated carbocycles. The molecule has 0 N–H and O–H groups in total. The van der Waals surface area contributed by atoms with Crippen LogP contribution >= 0.6 is 31.9 Å². The van der Waals surface area contributed by atoms with Crippen molar-refractivity contribution in [1.29, 1.82) is 0 Å². The van der Waals surface area contributed by atoms with Crippen molar-refractivity contribution in [2.75, 3.05) is 0 Å². The van der Waals surface area contributed by atoms with E-state index in [1.54, 1.807) is 30.3 Å². The van der Waals surface area contributed by atoms with Crippen LogP contribution < -0.4 is 0 Å². The molecule has 20 heavy (non-hydrogen) atoms. The van der Waals surface area contributed by atoms with Gasteiger partial charge in [0.05, 0.1) is 14.9 Å². The zero-order valence-corrected chi connectivity index (χ0v) is 14.3. The van der Waals surface area contributed by atoms with Gasteiger partial charge in [-0.05, 0) is 55.3 Å². The number of halogens is 2. The van der Waals surface area contributed by atoms with Gasteiger partial charge in [0.1, 0.15) is 0 Å². The second-order valence-corrected chi connectivity index (χ2v) is 8.13. The van der Waals surface area contributed by atoms with Gasteiger partial charge in [0, 0.05) is 0 Å². The Kier molecular flexibility index (Phi) is 4.49. The maximum Gasteiger partial charge on any atom is 0.345 e. The van der Waals surface area contributed by atoms with Crippen molar-refractivity contribution in [3.05, 3.63) is 45.4 Å². The van der Waals surface area contributed by atoms with Crippen LogP contribution in [0.4, 0.5) is 0 Å². The summed E-state index contributed by atoms with van der Waals surface area (Å²) in [5.74, 6) is -1.29. The molecule has 1 aromatic rings. The van der Waals surface area contributed by atoms with Crippen LogP contribution in [0.15, 0.2) is 39.8 Å². The Morgan fingerprint density at radius 2 is 1.80 bits per heavy atom. The molecular formula is C15H14Br2O3. The van der Waals surface area contributed by atoms with Gasteiger partial charge < -0.3 is 4.74 Å². The van der Waals surface area contributed by atoms with Crippen LogP contribution in [0.25, 0.3) is 0 Å². The Morgan fingerprint density at radius 3 is 2.35 bits per heavy atom. The second kappa shape index (κ2) is 5.82. The van der Waals surface area contributed by atoms with E-state index in [9.17, 15) is 9.59 Å². The van der Waals surface area contributed by atoms with E-state index in [4.69, 9.17) is 4.74 Å². The van der Waals surface area contributed by atoms with Crippen molar-refractivity contribution in [2.24, 2.45) is 17.3 Å². The number of carbonyl (C=O) groups excluding carboxylic acids is 2. The fourth-order valence-electron chi connectivity index (χ4n) is 2.36. The van der Waals surface area contributed by atoms with Gasteiger partial charge in [0.15, 0.2) is 0 Å². The average molecular weight is 402 g/mol. The van der Waals surface area contributed by atoms with E-state index in [1.807, 2.05) is 19.9 Å². The predicted octanol–water partition coefficient (Wildman–Crippen LogP) is 4.27. The Hall–Kier alpha value is -0.940. The van der Waals surface area contributed by atoms with Crippen molar-refractivity contribution in [2.45, 2.75) is 13.8 Å². The predicted molar refractivity (Wildman–Crippen MR) is 83.6 cm³/mol. The minimum atomic E-state index is -0.598. The van der Waals surface area contributed by atoms with Gasteiger partial charge >= 0.3 is 11.9 Å². The van der Waals surface area contributed by atoms with Crippen molar-refractivity contribution >= 4 is 43.8 Å². The lowest BCUT2D eigenvalue weighted by Crippen LogP contribution is -2.16. The van der Waals surface area contributed by atoms with Gasteiger partial charge in [-0.25, -0.2) is 4.79 Å². The van der Waals surface area contributed by atoms with Crippen LogP contribution in [0, 0.1) is 17.3 Å². The van der Waals surface area contributed by atoms with Crippen LogP contribution in [0.5, 0.6) is 0 Å². The third-order valence-corrected chi connectivity index (χ3v) is 4.20. The molecule has 5 heteroatoms. The molecule has 0 amide bonds. The zero-order chi connectivity index (χ0) is 14.9. The largest absolute Gasteiger partial charge is 0.389 e. The first-order chi connectivity index (χ1) is 9.34. The zero-order valence-electron chi connectivity index (χ0n) is 11.1. The molecule has 1 aliphatic carbocycles. The summed E-state index contributed by atoms with van der Waals surface area (Å²) in [6, 6.07) is 8.52. The molecule has 0 saturated heterocycles. The molecule has 0 radical (unpaired) electrons. The third kappa shape index (κ3) is 3.20. The minimum Gasteiger partial charge on any atom is -0.389 e. The van der Waals surface area contributed by atoms with Gasteiger partial charge in [-0.2, -0.15) is 0 Å². The van der Waals surface area contributed by atoms with Crippen LogP contribution in [-0.2, 0) is 9.53 Å². The summed E-state index contributed by atoms with van der Waals surface area (Å²) in [5, 5.41) is 0. The monoisotopic (exact) mass is 400 g/mol. The first-order valence-corrected chi connectivity index (χ1v) is 7.76. The van der Waals surface area contributed by atoms with Gasteiger partial charge in [-0.3, -0.25) is 4.79 Å². The quantitative estimate of drug-likeness (QED) is 0.561. The lowest BCUT2D eigenvalue weighted by molar-refractivity contribution is -0.140. The van der Waals surface area contributed by atoms with E-state index in [2.05, 4.69) is 31.9 Å². The van der Waals surface area contributed by atoms with Gasteiger partial charge in [0.25, 0.3) is 0 Å². The summed E-state index contributed by atoms with van der Waals surface area (Å²) in [6.45, 7) is 3.96. The summed E-state index contributed by atoms with van der Waals surface area (Å²) in [5.41, 5.74) is 0.189. The number of hydrogen-bond donors (Lipinski definition) is 0. The maximum absolute atomic E-state index is 12.1. The molecule has 2 rings (SSSR count). The van der Waals surface area contributed by atoms with Crippen molar-refractivity contribution in [3.63, 3.8) is 0 Å². The fraction of sp³-hybridized carbons (Fsp3) is 0.333. The molecule has 0 spiro atoms. The van der Waals surface area contributed by atoms with Crippen molar-refractivity contribution in [1.82, 2.24) is 0 Å².